The van der Waals surface area contributed by atoms with Gasteiger partial charge in [-0.25, -0.2) is 0 Å². The van der Waals surface area contributed by atoms with E-state index in [9.17, 15) is 9.59 Å². The molecule has 0 radical (unpaired) electrons. The number of nitrogen functional groups attached to an aromatic ring is 1. The Balaban J connectivity index is 1.74. The van der Waals surface area contributed by atoms with E-state index in [0.29, 0.717) is 35.1 Å². The first-order valence-electron chi connectivity index (χ1n) is 9.76. The largest absolute Gasteiger partial charge is 0.496 e. The predicted molar refractivity (Wildman–Crippen MR) is 110 cm³/mol. The van der Waals surface area contributed by atoms with E-state index in [2.05, 4.69) is 10.2 Å². The number of nitrogens with two attached hydrogens (primary N) is 1. The van der Waals surface area contributed by atoms with Gasteiger partial charge in [0.25, 0.3) is 5.91 Å². The molecule has 0 unspecified atom stereocenters. The van der Waals surface area contributed by atoms with Gasteiger partial charge in [-0.05, 0) is 45.2 Å². The molecule has 1 aromatic rings. The SMILES string of the molecule is CCOC(=O)CCCCN1CCC(NC(=O)c2cc(Cl)c(N)cc2OC)CC1. The summed E-state index contributed by atoms with van der Waals surface area (Å²) in [6.07, 6.45) is 4.06. The van der Waals surface area contributed by atoms with Crippen molar-refractivity contribution in [1.82, 2.24) is 10.2 Å². The Kier molecular flexibility index (Phi) is 8.86. The zero-order valence-corrected chi connectivity index (χ0v) is 17.4. The molecule has 0 atom stereocenters. The number of nitrogens with one attached hydrogen (secondary N) is 1. The van der Waals surface area contributed by atoms with Crippen LogP contribution < -0.4 is 15.8 Å². The van der Waals surface area contributed by atoms with E-state index in [1.54, 1.807) is 12.1 Å². The van der Waals surface area contributed by atoms with Gasteiger partial charge in [0.1, 0.15) is 5.75 Å². The molecule has 0 bridgehead atoms. The van der Waals surface area contributed by atoms with Crippen LogP contribution in [0.25, 0.3) is 0 Å². The van der Waals surface area contributed by atoms with Gasteiger partial charge in [-0.3, -0.25) is 9.59 Å². The molecule has 1 amide bonds. The topological polar surface area (TPSA) is 93.9 Å². The van der Waals surface area contributed by atoms with Crippen molar-refractivity contribution >= 4 is 29.2 Å². The van der Waals surface area contributed by atoms with Crippen molar-refractivity contribution in [3.63, 3.8) is 0 Å². The molecular weight excluding hydrogens is 382 g/mol. The molecule has 0 aromatic heterocycles. The van der Waals surface area contributed by atoms with Crippen LogP contribution in [0, 0.1) is 0 Å². The number of anilines is 1. The molecule has 2 rings (SSSR count). The van der Waals surface area contributed by atoms with Crippen LogP contribution in [-0.4, -0.2) is 56.2 Å². The number of esters is 1. The number of methoxy groups -OCH3 is 1. The number of unbranched alkanes of at least 4 members (excludes halogenated alkanes) is 1. The van der Waals surface area contributed by atoms with Crippen molar-refractivity contribution in [2.24, 2.45) is 0 Å². The van der Waals surface area contributed by atoms with Crippen LogP contribution in [0.4, 0.5) is 5.69 Å². The molecule has 7 nitrogen and oxygen atoms in total. The maximum atomic E-state index is 12.6. The van der Waals surface area contributed by atoms with E-state index in [1.807, 2.05) is 6.92 Å². The number of amides is 1. The van der Waals surface area contributed by atoms with Gasteiger partial charge in [0.05, 0.1) is 30.0 Å². The highest BCUT2D eigenvalue weighted by atomic mass is 35.5. The minimum atomic E-state index is -0.202. The Labute approximate surface area is 171 Å². The lowest BCUT2D eigenvalue weighted by atomic mass is 10.0. The van der Waals surface area contributed by atoms with Crippen LogP contribution in [0.3, 0.4) is 0 Å². The third-order valence-electron chi connectivity index (χ3n) is 4.90. The molecule has 0 saturated carbocycles. The van der Waals surface area contributed by atoms with E-state index in [4.69, 9.17) is 26.8 Å². The number of carbonyl (C=O) groups is 2. The highest BCUT2D eigenvalue weighted by Gasteiger charge is 2.23. The zero-order chi connectivity index (χ0) is 20.5. The number of benzene rings is 1. The van der Waals surface area contributed by atoms with Crippen LogP contribution in [0.2, 0.25) is 5.02 Å². The lowest BCUT2D eigenvalue weighted by molar-refractivity contribution is -0.143. The van der Waals surface area contributed by atoms with E-state index < -0.39 is 0 Å². The number of piperidine rings is 1. The summed E-state index contributed by atoms with van der Waals surface area (Å²) < 4.78 is 10.2. The number of hydrogen-bond donors (Lipinski definition) is 2. The summed E-state index contributed by atoms with van der Waals surface area (Å²) in [5, 5.41) is 3.40. The molecule has 156 valence electrons. The van der Waals surface area contributed by atoms with Crippen molar-refractivity contribution in [2.75, 3.05) is 39.1 Å². The first-order valence-corrected chi connectivity index (χ1v) is 10.1. The van der Waals surface area contributed by atoms with Crippen LogP contribution in [0.5, 0.6) is 5.75 Å². The van der Waals surface area contributed by atoms with Crippen molar-refractivity contribution in [3.05, 3.63) is 22.7 Å². The Morgan fingerprint density at radius 3 is 2.64 bits per heavy atom. The molecule has 3 N–H and O–H groups in total. The second-order valence-electron chi connectivity index (χ2n) is 6.93. The van der Waals surface area contributed by atoms with Gasteiger partial charge in [-0.15, -0.1) is 0 Å². The molecule has 1 aromatic carbocycles. The Bertz CT molecular complexity index is 676. The average Bonchev–Trinajstić information content (AvgIpc) is 2.68. The monoisotopic (exact) mass is 411 g/mol. The number of rotatable bonds is 9. The standard InChI is InChI=1S/C20H30ClN3O4/c1-3-28-19(25)6-4-5-9-24-10-7-14(8-11-24)23-20(26)15-12-16(21)17(22)13-18(15)27-2/h12-14H,3-11,22H2,1-2H3,(H,23,26). The summed E-state index contributed by atoms with van der Waals surface area (Å²) in [4.78, 5) is 26.3. The summed E-state index contributed by atoms with van der Waals surface area (Å²) in [7, 11) is 1.50. The number of likely N-dealkylation sites (tertiary alicyclic amines) is 1. The van der Waals surface area contributed by atoms with E-state index >= 15 is 0 Å². The van der Waals surface area contributed by atoms with E-state index in [0.717, 1.165) is 45.3 Å². The van der Waals surface area contributed by atoms with Crippen molar-refractivity contribution in [3.8, 4) is 5.75 Å². The van der Waals surface area contributed by atoms with Gasteiger partial charge in [-0.2, -0.15) is 0 Å². The summed E-state index contributed by atoms with van der Waals surface area (Å²) >= 11 is 6.05. The Morgan fingerprint density at radius 2 is 2.00 bits per heavy atom. The number of ether oxygens (including phenoxy) is 2. The second-order valence-corrected chi connectivity index (χ2v) is 7.33. The molecule has 0 aliphatic carbocycles. The van der Waals surface area contributed by atoms with Crippen LogP contribution >= 0.6 is 11.6 Å². The fourth-order valence-corrected chi connectivity index (χ4v) is 3.48. The molecule has 1 fully saturated rings. The fourth-order valence-electron chi connectivity index (χ4n) is 3.32. The number of halogens is 1. The molecule has 1 heterocycles. The van der Waals surface area contributed by atoms with Gasteiger partial charge < -0.3 is 25.4 Å². The maximum absolute atomic E-state index is 12.6. The first kappa shape index (κ1) is 22.3. The van der Waals surface area contributed by atoms with Gasteiger partial charge in [-0.1, -0.05) is 11.6 Å². The molecule has 1 aliphatic heterocycles. The van der Waals surface area contributed by atoms with E-state index in [1.165, 1.54) is 7.11 Å². The van der Waals surface area contributed by atoms with E-state index in [-0.39, 0.29) is 17.9 Å². The molecular formula is C20H30ClN3O4. The second kappa shape index (κ2) is 11.1. The third kappa shape index (κ3) is 6.56. The van der Waals surface area contributed by atoms with Crippen molar-refractivity contribution in [2.45, 2.75) is 45.1 Å². The van der Waals surface area contributed by atoms with Crippen LogP contribution in [0.1, 0.15) is 49.4 Å². The summed E-state index contributed by atoms with van der Waals surface area (Å²) in [6, 6.07) is 3.23. The lowest BCUT2D eigenvalue weighted by Crippen LogP contribution is -2.44. The smallest absolute Gasteiger partial charge is 0.305 e. The highest BCUT2D eigenvalue weighted by Crippen LogP contribution is 2.29. The number of hydrogen-bond acceptors (Lipinski definition) is 6. The Morgan fingerprint density at radius 1 is 1.29 bits per heavy atom. The maximum Gasteiger partial charge on any atom is 0.305 e. The summed E-state index contributed by atoms with van der Waals surface area (Å²) in [5.41, 5.74) is 6.54. The normalized spacial score (nSPS) is 15.2. The number of nitrogens with zero attached hydrogens (tertiary/aromatic N) is 1. The van der Waals surface area contributed by atoms with Crippen molar-refractivity contribution in [1.29, 1.82) is 0 Å². The minimum absolute atomic E-state index is 0.115. The minimum Gasteiger partial charge on any atom is -0.496 e. The molecule has 8 heteroatoms. The predicted octanol–water partition coefficient (Wildman–Crippen LogP) is 2.86. The summed E-state index contributed by atoms with van der Waals surface area (Å²) in [5.74, 6) is 0.0900. The van der Waals surface area contributed by atoms with Gasteiger partial charge in [0.15, 0.2) is 0 Å². The quantitative estimate of drug-likeness (QED) is 0.368. The molecule has 0 spiro atoms. The molecule has 1 saturated heterocycles. The van der Waals surface area contributed by atoms with Gasteiger partial charge >= 0.3 is 5.97 Å². The average molecular weight is 412 g/mol. The van der Waals surface area contributed by atoms with Gasteiger partial charge in [0.2, 0.25) is 0 Å². The van der Waals surface area contributed by atoms with Crippen LogP contribution in [0.15, 0.2) is 12.1 Å². The number of carbonyl (C=O) groups excluding carboxylic acids is 2. The summed E-state index contributed by atoms with van der Waals surface area (Å²) in [6.45, 7) is 5.06. The Hall–Kier alpha value is -1.99. The van der Waals surface area contributed by atoms with Crippen LogP contribution in [-0.2, 0) is 9.53 Å². The zero-order valence-electron chi connectivity index (χ0n) is 16.6. The van der Waals surface area contributed by atoms with Crippen molar-refractivity contribution < 1.29 is 19.1 Å². The highest BCUT2D eigenvalue weighted by molar-refractivity contribution is 6.33. The first-order chi connectivity index (χ1) is 13.4. The third-order valence-corrected chi connectivity index (χ3v) is 5.22. The fraction of sp³-hybridized carbons (Fsp3) is 0.600. The lowest BCUT2D eigenvalue weighted by Gasteiger charge is -2.32. The van der Waals surface area contributed by atoms with Gasteiger partial charge in [0, 0.05) is 31.6 Å². The molecule has 1 aliphatic rings. The molecule has 28 heavy (non-hydrogen) atoms.